The van der Waals surface area contributed by atoms with Crippen LogP contribution in [0.5, 0.6) is 0 Å². The summed E-state index contributed by atoms with van der Waals surface area (Å²) in [5.74, 6) is -0.108. The Hall–Kier alpha value is -0.950. The van der Waals surface area contributed by atoms with Crippen molar-refractivity contribution in [3.8, 4) is 0 Å². The molecule has 0 bridgehead atoms. The van der Waals surface area contributed by atoms with Crippen molar-refractivity contribution in [3.63, 3.8) is 0 Å². The minimum Gasteiger partial charge on any atom is -0.465 e. The molecule has 0 fully saturated rings. The lowest BCUT2D eigenvalue weighted by molar-refractivity contribution is -0.125. The van der Waals surface area contributed by atoms with Crippen LogP contribution in [0, 0.1) is 0 Å². The molecule has 0 aliphatic rings. The monoisotopic (exact) mass is 270 g/mol. The molecule has 0 rings (SSSR count). The van der Waals surface area contributed by atoms with Crippen LogP contribution in [0.15, 0.2) is 5.16 Å². The summed E-state index contributed by atoms with van der Waals surface area (Å²) >= 11 is 6.68. The molecular formula is C8H15ClN2O4S. The Morgan fingerprint density at radius 3 is 2.12 bits per heavy atom. The number of carbonyl (C=O) groups excluding carboxylic acids is 1. The van der Waals surface area contributed by atoms with E-state index in [1.807, 2.05) is 6.26 Å². The zero-order valence-electron chi connectivity index (χ0n) is 9.31. The Kier molecular flexibility index (Phi) is 11.5. The van der Waals surface area contributed by atoms with Gasteiger partial charge in [0.25, 0.3) is 0 Å². The largest absolute Gasteiger partial charge is 0.465 e. The van der Waals surface area contributed by atoms with E-state index in [1.54, 1.807) is 18.7 Å². The van der Waals surface area contributed by atoms with Crippen molar-refractivity contribution in [2.75, 3.05) is 24.9 Å². The smallest absolute Gasteiger partial charge is 0.413 e. The van der Waals surface area contributed by atoms with Crippen molar-refractivity contribution < 1.29 is 19.9 Å². The fourth-order valence-corrected chi connectivity index (χ4v) is 1.09. The van der Waals surface area contributed by atoms with Crippen molar-refractivity contribution in [3.05, 3.63) is 0 Å². The van der Waals surface area contributed by atoms with Crippen molar-refractivity contribution in [1.29, 1.82) is 0 Å². The van der Waals surface area contributed by atoms with E-state index in [0.717, 1.165) is 18.5 Å². The van der Waals surface area contributed by atoms with Gasteiger partial charge in [0.15, 0.2) is 0 Å². The second kappa shape index (κ2) is 10.6. The highest BCUT2D eigenvalue weighted by molar-refractivity contribution is 7.99. The molecule has 2 amide bonds. The van der Waals surface area contributed by atoms with Gasteiger partial charge >= 0.3 is 6.09 Å². The topological polar surface area (TPSA) is 90.2 Å². The molecule has 6 nitrogen and oxygen atoms in total. The standard InChI is InChI=1S/C4H6ClNO3.C4H9NOS/c1-6(4(8)9)3(7)2-5;1-4(5-6)3-7-2/h2H2,1H3,(H,8,9);6H,3H2,1-2H3/b;5-4+. The molecule has 94 valence electrons. The molecule has 0 aliphatic carbocycles. The predicted molar refractivity (Wildman–Crippen MR) is 64.8 cm³/mol. The quantitative estimate of drug-likeness (QED) is 0.352. The van der Waals surface area contributed by atoms with Gasteiger partial charge in [0, 0.05) is 12.8 Å². The number of rotatable bonds is 3. The van der Waals surface area contributed by atoms with E-state index in [1.165, 1.54) is 0 Å². The molecule has 0 spiro atoms. The average Bonchev–Trinajstić information content (AvgIpc) is 2.27. The van der Waals surface area contributed by atoms with Gasteiger partial charge in [-0.05, 0) is 13.2 Å². The number of imide groups is 1. The molecule has 0 radical (unpaired) electrons. The summed E-state index contributed by atoms with van der Waals surface area (Å²) in [6, 6.07) is 0. The van der Waals surface area contributed by atoms with E-state index < -0.39 is 12.0 Å². The summed E-state index contributed by atoms with van der Waals surface area (Å²) < 4.78 is 0. The van der Waals surface area contributed by atoms with Crippen LogP contribution in [-0.2, 0) is 4.79 Å². The lowest BCUT2D eigenvalue weighted by atomic mass is 10.5. The molecule has 8 heteroatoms. The van der Waals surface area contributed by atoms with Crippen LogP contribution < -0.4 is 0 Å². The van der Waals surface area contributed by atoms with Crippen LogP contribution in [-0.4, -0.2) is 57.9 Å². The van der Waals surface area contributed by atoms with Crippen LogP contribution >= 0.6 is 23.4 Å². The molecular weight excluding hydrogens is 256 g/mol. The van der Waals surface area contributed by atoms with Crippen molar-refractivity contribution in [1.82, 2.24) is 4.90 Å². The van der Waals surface area contributed by atoms with Gasteiger partial charge in [-0.15, -0.1) is 11.6 Å². The van der Waals surface area contributed by atoms with Gasteiger partial charge in [-0.2, -0.15) is 11.8 Å². The highest BCUT2D eigenvalue weighted by Crippen LogP contribution is 1.91. The number of hydrogen-bond donors (Lipinski definition) is 2. The first-order valence-corrected chi connectivity index (χ1v) is 6.05. The van der Waals surface area contributed by atoms with Crippen LogP contribution in [0.2, 0.25) is 0 Å². The van der Waals surface area contributed by atoms with Gasteiger partial charge < -0.3 is 10.3 Å². The van der Waals surface area contributed by atoms with Gasteiger partial charge in [0.05, 0.1) is 5.71 Å². The van der Waals surface area contributed by atoms with Gasteiger partial charge in [0.1, 0.15) is 5.88 Å². The minimum absolute atomic E-state index is 0.303. The molecule has 0 aromatic heterocycles. The summed E-state index contributed by atoms with van der Waals surface area (Å²) in [5.41, 5.74) is 0.771. The Labute approximate surface area is 103 Å². The van der Waals surface area contributed by atoms with Gasteiger partial charge in [-0.3, -0.25) is 4.79 Å². The highest BCUT2D eigenvalue weighted by atomic mass is 35.5. The molecule has 0 aromatic carbocycles. The number of amides is 2. The maximum Gasteiger partial charge on any atom is 0.413 e. The normalized spacial score (nSPS) is 10.1. The van der Waals surface area contributed by atoms with Crippen molar-refractivity contribution >= 4 is 41.1 Å². The molecule has 0 aliphatic heterocycles. The van der Waals surface area contributed by atoms with E-state index in [9.17, 15) is 9.59 Å². The molecule has 16 heavy (non-hydrogen) atoms. The van der Waals surface area contributed by atoms with E-state index >= 15 is 0 Å². The summed E-state index contributed by atoms with van der Waals surface area (Å²) in [5, 5.41) is 19.1. The highest BCUT2D eigenvalue weighted by Gasteiger charge is 2.12. The third-order valence-corrected chi connectivity index (χ3v) is 2.23. The number of nitrogens with zero attached hydrogens (tertiary/aromatic N) is 2. The Balaban J connectivity index is 0. The first-order valence-electron chi connectivity index (χ1n) is 4.12. The molecule has 0 saturated heterocycles. The van der Waals surface area contributed by atoms with Crippen molar-refractivity contribution in [2.24, 2.45) is 5.16 Å². The number of halogens is 1. The number of hydrogen-bond acceptors (Lipinski definition) is 5. The summed E-state index contributed by atoms with van der Waals surface area (Å²) in [6.07, 6.45) is 0.676. The first kappa shape index (κ1) is 17.4. The average molecular weight is 271 g/mol. The summed E-state index contributed by atoms with van der Waals surface area (Å²) in [7, 11) is 1.15. The number of thioether (sulfide) groups is 1. The Bertz CT molecular complexity index is 260. The van der Waals surface area contributed by atoms with Crippen LogP contribution in [0.25, 0.3) is 0 Å². The van der Waals surface area contributed by atoms with Gasteiger partial charge in [-0.25, -0.2) is 9.69 Å². The zero-order chi connectivity index (χ0) is 13.1. The number of carboxylic acid groups (broad SMARTS) is 1. The molecule has 0 atom stereocenters. The predicted octanol–water partition coefficient (Wildman–Crippen LogP) is 1.56. The fraction of sp³-hybridized carbons (Fsp3) is 0.625. The van der Waals surface area contributed by atoms with Gasteiger partial charge in [-0.1, -0.05) is 5.16 Å². The third kappa shape index (κ3) is 9.60. The molecule has 0 heterocycles. The lowest BCUT2D eigenvalue weighted by Crippen LogP contribution is -2.32. The lowest BCUT2D eigenvalue weighted by Gasteiger charge is -2.06. The van der Waals surface area contributed by atoms with Crippen LogP contribution in [0.4, 0.5) is 4.79 Å². The maximum atomic E-state index is 10.4. The summed E-state index contributed by atoms with van der Waals surface area (Å²) in [6.45, 7) is 1.79. The van der Waals surface area contributed by atoms with E-state index in [-0.39, 0.29) is 5.88 Å². The van der Waals surface area contributed by atoms with E-state index in [0.29, 0.717) is 4.90 Å². The fourth-order valence-electron chi connectivity index (χ4n) is 0.434. The number of oxime groups is 1. The molecule has 0 unspecified atom stereocenters. The summed E-state index contributed by atoms with van der Waals surface area (Å²) in [4.78, 5) is 20.8. The van der Waals surface area contributed by atoms with Crippen LogP contribution in [0.3, 0.4) is 0 Å². The van der Waals surface area contributed by atoms with Crippen LogP contribution in [0.1, 0.15) is 6.92 Å². The second-order valence-corrected chi connectivity index (χ2v) is 3.77. The maximum absolute atomic E-state index is 10.4. The minimum atomic E-state index is -1.29. The SMILES string of the molecule is CN(C(=O)O)C(=O)CCl.CSC/C(C)=N/O. The first-order chi connectivity index (χ1) is 7.40. The third-order valence-electron chi connectivity index (χ3n) is 1.30. The van der Waals surface area contributed by atoms with E-state index in [2.05, 4.69) is 5.16 Å². The van der Waals surface area contributed by atoms with Gasteiger partial charge in [0.2, 0.25) is 5.91 Å². The van der Waals surface area contributed by atoms with Crippen molar-refractivity contribution in [2.45, 2.75) is 6.92 Å². The second-order valence-electron chi connectivity index (χ2n) is 2.64. The Morgan fingerprint density at radius 2 is 2.00 bits per heavy atom. The number of carbonyl (C=O) groups is 2. The molecule has 2 N–H and O–H groups in total. The van der Waals surface area contributed by atoms with E-state index in [4.69, 9.17) is 21.9 Å². The molecule has 0 aromatic rings. The molecule has 0 saturated carbocycles. The number of alkyl halides is 1. The zero-order valence-corrected chi connectivity index (χ0v) is 10.9. The Morgan fingerprint density at radius 1 is 1.50 bits per heavy atom.